The second-order valence-corrected chi connectivity index (χ2v) is 7.62. The number of fused-ring (bicyclic) bond motifs is 2. The van der Waals surface area contributed by atoms with E-state index >= 15 is 0 Å². The molecule has 25 heavy (non-hydrogen) atoms. The summed E-state index contributed by atoms with van der Waals surface area (Å²) in [4.78, 5) is 2.51. The molecule has 2 atom stereocenters. The van der Waals surface area contributed by atoms with E-state index in [2.05, 4.69) is 23.1 Å². The molecule has 5 heteroatoms. The van der Waals surface area contributed by atoms with Crippen molar-refractivity contribution in [1.29, 1.82) is 0 Å². The molecule has 1 N–H and O–H groups in total. The van der Waals surface area contributed by atoms with Gasteiger partial charge in [0.2, 0.25) is 0 Å². The van der Waals surface area contributed by atoms with Gasteiger partial charge in [0, 0.05) is 36.9 Å². The van der Waals surface area contributed by atoms with Crippen molar-refractivity contribution in [3.8, 4) is 0 Å². The highest BCUT2D eigenvalue weighted by molar-refractivity contribution is 5.26. The third kappa shape index (κ3) is 3.23. The summed E-state index contributed by atoms with van der Waals surface area (Å²) >= 11 is 0. The number of hydrogen-bond donors (Lipinski definition) is 1. The van der Waals surface area contributed by atoms with Gasteiger partial charge in [0.1, 0.15) is 5.82 Å². The quantitative estimate of drug-likeness (QED) is 0.904. The molecular weight excluding hydrogens is 317 g/mol. The summed E-state index contributed by atoms with van der Waals surface area (Å²) in [6.45, 7) is 3.99. The summed E-state index contributed by atoms with van der Waals surface area (Å²) < 4.78 is 15.6. The Hall–Kier alpha value is -1.72. The van der Waals surface area contributed by atoms with Crippen LogP contribution in [-0.4, -0.2) is 31.9 Å². The zero-order chi connectivity index (χ0) is 17.4. The van der Waals surface area contributed by atoms with Crippen LogP contribution in [0.4, 0.5) is 4.39 Å². The van der Waals surface area contributed by atoms with Crippen LogP contribution in [0.25, 0.3) is 0 Å². The average molecular weight is 343 g/mol. The Morgan fingerprint density at radius 3 is 2.72 bits per heavy atom. The van der Waals surface area contributed by atoms with Gasteiger partial charge in [-0.15, -0.1) is 0 Å². The van der Waals surface area contributed by atoms with Crippen LogP contribution in [0.15, 0.2) is 36.7 Å². The minimum Gasteiger partial charge on any atom is -0.385 e. The van der Waals surface area contributed by atoms with Crippen LogP contribution in [-0.2, 0) is 18.7 Å². The maximum atomic E-state index is 13.6. The summed E-state index contributed by atoms with van der Waals surface area (Å²) in [5.74, 6) is -0.274. The molecule has 2 fully saturated rings. The number of rotatable bonds is 5. The molecule has 0 radical (unpaired) electrons. The molecule has 0 spiro atoms. The van der Waals surface area contributed by atoms with E-state index in [0.29, 0.717) is 24.9 Å². The number of aliphatic hydroxyl groups is 1. The van der Waals surface area contributed by atoms with Crippen molar-refractivity contribution in [1.82, 2.24) is 14.7 Å². The van der Waals surface area contributed by atoms with Gasteiger partial charge < -0.3 is 5.11 Å². The number of aryl methyl sites for hydroxylation is 1. The van der Waals surface area contributed by atoms with Gasteiger partial charge in [-0.05, 0) is 49.8 Å². The van der Waals surface area contributed by atoms with Crippen molar-refractivity contribution in [2.24, 2.45) is 0 Å². The Morgan fingerprint density at radius 1 is 1.28 bits per heavy atom. The zero-order valence-electron chi connectivity index (χ0n) is 14.7. The molecule has 2 unspecified atom stereocenters. The number of aromatic nitrogens is 2. The number of halogens is 1. The molecular formula is C20H26FN3O. The molecule has 4 rings (SSSR count). The molecule has 2 saturated heterocycles. The second kappa shape index (κ2) is 6.54. The summed E-state index contributed by atoms with van der Waals surface area (Å²) in [5.41, 5.74) is 1.05. The van der Waals surface area contributed by atoms with Gasteiger partial charge in [0.25, 0.3) is 0 Å². The van der Waals surface area contributed by atoms with Crippen LogP contribution in [0.3, 0.4) is 0 Å². The first-order valence-electron chi connectivity index (χ1n) is 9.33. The average Bonchev–Trinajstić information content (AvgIpc) is 3.12. The van der Waals surface area contributed by atoms with Gasteiger partial charge in [-0.25, -0.2) is 4.39 Å². The maximum absolute atomic E-state index is 13.6. The molecule has 0 saturated carbocycles. The molecule has 4 nitrogen and oxygen atoms in total. The highest BCUT2D eigenvalue weighted by atomic mass is 19.1. The number of hydrogen-bond acceptors (Lipinski definition) is 3. The molecule has 2 aliphatic rings. The van der Waals surface area contributed by atoms with E-state index in [1.54, 1.807) is 6.07 Å². The van der Waals surface area contributed by atoms with Crippen LogP contribution in [0.5, 0.6) is 0 Å². The Labute approximate surface area is 148 Å². The summed E-state index contributed by atoms with van der Waals surface area (Å²) in [7, 11) is 0. The van der Waals surface area contributed by atoms with Gasteiger partial charge in [-0.1, -0.05) is 19.1 Å². The smallest absolute Gasteiger partial charge is 0.123 e. The number of nitrogens with zero attached hydrogens (tertiary/aromatic N) is 3. The van der Waals surface area contributed by atoms with Crippen molar-refractivity contribution >= 4 is 0 Å². The number of benzene rings is 1. The van der Waals surface area contributed by atoms with Crippen molar-refractivity contribution in [3.05, 3.63) is 53.6 Å². The lowest BCUT2D eigenvalue weighted by Crippen LogP contribution is -2.49. The minimum absolute atomic E-state index is 0.274. The van der Waals surface area contributed by atoms with E-state index in [4.69, 9.17) is 0 Å². The van der Waals surface area contributed by atoms with E-state index in [1.165, 1.54) is 17.7 Å². The summed E-state index contributed by atoms with van der Waals surface area (Å²) in [5, 5.41) is 15.6. The van der Waals surface area contributed by atoms with E-state index in [1.807, 2.05) is 16.9 Å². The van der Waals surface area contributed by atoms with Gasteiger partial charge >= 0.3 is 0 Å². The second-order valence-electron chi connectivity index (χ2n) is 7.62. The fourth-order valence-electron chi connectivity index (χ4n) is 4.64. The predicted molar refractivity (Wildman–Crippen MR) is 94.4 cm³/mol. The fraction of sp³-hybridized carbons (Fsp3) is 0.550. The molecule has 2 bridgehead atoms. The molecule has 0 aliphatic carbocycles. The van der Waals surface area contributed by atoms with Gasteiger partial charge in [0.15, 0.2) is 0 Å². The van der Waals surface area contributed by atoms with E-state index in [9.17, 15) is 9.50 Å². The van der Waals surface area contributed by atoms with Crippen LogP contribution in [0, 0.1) is 5.82 Å². The Balaban J connectivity index is 1.50. The van der Waals surface area contributed by atoms with E-state index in [-0.39, 0.29) is 5.82 Å². The third-order valence-corrected chi connectivity index (χ3v) is 5.78. The normalized spacial score (nSPS) is 29.2. The van der Waals surface area contributed by atoms with Crippen molar-refractivity contribution in [2.75, 3.05) is 0 Å². The standard InChI is InChI=1S/C20H26FN3O/c1-2-8-23-13-15(12-22-23)14-24-18-6-7-19(24)11-20(25,10-18)16-4-3-5-17(21)9-16/h3-5,9,12-13,18-19,25H,2,6-8,10-11,14H2,1H3. The first-order valence-corrected chi connectivity index (χ1v) is 9.33. The molecule has 134 valence electrons. The minimum atomic E-state index is -0.906. The molecule has 3 heterocycles. The van der Waals surface area contributed by atoms with Crippen LogP contribution in [0.1, 0.15) is 50.2 Å². The van der Waals surface area contributed by atoms with Crippen molar-refractivity contribution in [2.45, 2.75) is 69.8 Å². The van der Waals surface area contributed by atoms with Gasteiger partial charge in [-0.3, -0.25) is 9.58 Å². The topological polar surface area (TPSA) is 41.3 Å². The lowest BCUT2D eigenvalue weighted by molar-refractivity contribution is -0.0596. The zero-order valence-corrected chi connectivity index (χ0v) is 14.7. The predicted octanol–water partition coefficient (Wildman–Crippen LogP) is 3.45. The fourth-order valence-corrected chi connectivity index (χ4v) is 4.64. The van der Waals surface area contributed by atoms with Gasteiger partial charge in [0.05, 0.1) is 11.8 Å². The largest absolute Gasteiger partial charge is 0.385 e. The van der Waals surface area contributed by atoms with E-state index in [0.717, 1.165) is 37.9 Å². The third-order valence-electron chi connectivity index (χ3n) is 5.78. The molecule has 1 aromatic carbocycles. The van der Waals surface area contributed by atoms with Gasteiger partial charge in [-0.2, -0.15) is 5.10 Å². The first-order chi connectivity index (χ1) is 12.1. The Morgan fingerprint density at radius 2 is 2.04 bits per heavy atom. The lowest BCUT2D eigenvalue weighted by atomic mass is 9.80. The molecule has 1 aromatic heterocycles. The highest BCUT2D eigenvalue weighted by Gasteiger charge is 2.48. The van der Waals surface area contributed by atoms with Crippen LogP contribution in [0.2, 0.25) is 0 Å². The van der Waals surface area contributed by atoms with Crippen LogP contribution < -0.4 is 0 Å². The monoisotopic (exact) mass is 343 g/mol. The molecule has 0 amide bonds. The summed E-state index contributed by atoms with van der Waals surface area (Å²) in [6, 6.07) is 7.17. The van der Waals surface area contributed by atoms with E-state index < -0.39 is 5.60 Å². The number of piperidine rings is 1. The molecule has 2 aromatic rings. The molecule has 2 aliphatic heterocycles. The first kappa shape index (κ1) is 16.7. The van der Waals surface area contributed by atoms with Crippen molar-refractivity contribution < 1.29 is 9.50 Å². The Kier molecular flexibility index (Phi) is 4.38. The SMILES string of the molecule is CCCn1cc(CN2C3CCC2CC(O)(c2cccc(F)c2)C3)cn1. The van der Waals surface area contributed by atoms with Crippen molar-refractivity contribution in [3.63, 3.8) is 0 Å². The summed E-state index contributed by atoms with van der Waals surface area (Å²) in [6.07, 6.45) is 8.73. The maximum Gasteiger partial charge on any atom is 0.123 e. The highest BCUT2D eigenvalue weighted by Crippen LogP contribution is 2.46. The lowest BCUT2D eigenvalue weighted by Gasteiger charge is -2.44. The van der Waals surface area contributed by atoms with Crippen LogP contribution >= 0.6 is 0 Å². The Bertz CT molecular complexity index is 730.